The van der Waals surface area contributed by atoms with Gasteiger partial charge in [0.1, 0.15) is 5.82 Å². The second-order valence-electron chi connectivity index (χ2n) is 7.49. The molecule has 0 aromatic heterocycles. The van der Waals surface area contributed by atoms with Gasteiger partial charge in [-0.05, 0) is 50.3 Å². The van der Waals surface area contributed by atoms with Gasteiger partial charge in [0.15, 0.2) is 0 Å². The van der Waals surface area contributed by atoms with Crippen molar-refractivity contribution in [1.82, 2.24) is 4.90 Å². The molecule has 1 atom stereocenters. The van der Waals surface area contributed by atoms with E-state index in [-0.39, 0.29) is 18.3 Å². The van der Waals surface area contributed by atoms with Gasteiger partial charge in [-0.3, -0.25) is 9.59 Å². The number of carbonyl (C=O) groups excluding carboxylic acids is 1. The zero-order chi connectivity index (χ0) is 17.4. The van der Waals surface area contributed by atoms with E-state index in [4.69, 9.17) is 0 Å². The molecule has 2 aliphatic rings. The van der Waals surface area contributed by atoms with Crippen molar-refractivity contribution in [3.8, 4) is 0 Å². The highest BCUT2D eigenvalue weighted by Gasteiger charge is 2.48. The van der Waals surface area contributed by atoms with Crippen LogP contribution in [-0.2, 0) is 15.0 Å². The summed E-state index contributed by atoms with van der Waals surface area (Å²) in [6.07, 6.45) is 4.72. The molecule has 4 nitrogen and oxygen atoms in total. The molecule has 0 bridgehead atoms. The van der Waals surface area contributed by atoms with Crippen LogP contribution in [0, 0.1) is 11.2 Å². The third kappa shape index (κ3) is 2.80. The van der Waals surface area contributed by atoms with Crippen molar-refractivity contribution in [3.63, 3.8) is 0 Å². The molecular weight excluding hydrogens is 309 g/mol. The van der Waals surface area contributed by atoms with Crippen molar-refractivity contribution in [2.45, 2.75) is 50.9 Å². The number of likely N-dealkylation sites (tertiary alicyclic amines) is 1. The minimum absolute atomic E-state index is 0.0128. The first kappa shape index (κ1) is 16.9. The molecule has 1 saturated carbocycles. The van der Waals surface area contributed by atoms with Gasteiger partial charge in [-0.2, -0.15) is 0 Å². The van der Waals surface area contributed by atoms with Gasteiger partial charge in [0.05, 0.1) is 10.8 Å². The smallest absolute Gasteiger partial charge is 0.311 e. The largest absolute Gasteiger partial charge is 0.481 e. The van der Waals surface area contributed by atoms with Crippen LogP contribution in [0.3, 0.4) is 0 Å². The van der Waals surface area contributed by atoms with E-state index in [0.29, 0.717) is 19.4 Å². The summed E-state index contributed by atoms with van der Waals surface area (Å²) in [5.74, 6) is -1.14. The number of amides is 1. The van der Waals surface area contributed by atoms with E-state index in [2.05, 4.69) is 0 Å². The molecule has 1 heterocycles. The Morgan fingerprint density at radius 2 is 1.71 bits per heavy atom. The number of carboxylic acids is 1. The third-order valence-corrected chi connectivity index (χ3v) is 5.76. The highest BCUT2D eigenvalue weighted by Crippen LogP contribution is 2.44. The van der Waals surface area contributed by atoms with E-state index in [1.807, 2.05) is 0 Å². The molecule has 1 unspecified atom stereocenters. The van der Waals surface area contributed by atoms with E-state index < -0.39 is 16.8 Å². The van der Waals surface area contributed by atoms with E-state index >= 15 is 0 Å². The quantitative estimate of drug-likeness (QED) is 0.923. The molecule has 1 aromatic carbocycles. The van der Waals surface area contributed by atoms with Crippen LogP contribution in [-0.4, -0.2) is 35.0 Å². The zero-order valence-corrected chi connectivity index (χ0v) is 14.1. The standard InChI is InChI=1S/C19H24FNO3/c1-18(17(23)24)9-4-12-21(13-18)16(22)19(10-2-3-11-19)14-5-7-15(20)8-6-14/h5-8H,2-4,9-13H2,1H3,(H,23,24). The van der Waals surface area contributed by atoms with Crippen LogP contribution >= 0.6 is 0 Å². The number of aliphatic carboxylic acids is 1. The number of rotatable bonds is 3. The van der Waals surface area contributed by atoms with Crippen LogP contribution < -0.4 is 0 Å². The van der Waals surface area contributed by atoms with E-state index in [9.17, 15) is 19.1 Å². The number of benzene rings is 1. The Morgan fingerprint density at radius 3 is 2.29 bits per heavy atom. The fraction of sp³-hybridized carbons (Fsp3) is 0.579. The highest BCUT2D eigenvalue weighted by atomic mass is 19.1. The summed E-state index contributed by atoms with van der Waals surface area (Å²) in [5.41, 5.74) is -0.643. The maximum Gasteiger partial charge on any atom is 0.311 e. The Bertz CT molecular complexity index is 637. The van der Waals surface area contributed by atoms with Gasteiger partial charge in [-0.1, -0.05) is 25.0 Å². The highest BCUT2D eigenvalue weighted by molar-refractivity contribution is 5.89. The molecule has 0 spiro atoms. The molecule has 1 aliphatic heterocycles. The number of nitrogens with zero attached hydrogens (tertiary/aromatic N) is 1. The Balaban J connectivity index is 1.90. The van der Waals surface area contributed by atoms with Gasteiger partial charge in [-0.15, -0.1) is 0 Å². The summed E-state index contributed by atoms with van der Waals surface area (Å²) in [7, 11) is 0. The van der Waals surface area contributed by atoms with Crippen LogP contribution in [0.4, 0.5) is 4.39 Å². The maximum atomic E-state index is 13.4. The summed E-state index contributed by atoms with van der Waals surface area (Å²) >= 11 is 0. The predicted molar refractivity (Wildman–Crippen MR) is 88.1 cm³/mol. The van der Waals surface area contributed by atoms with Crippen LogP contribution in [0.15, 0.2) is 24.3 Å². The Morgan fingerprint density at radius 1 is 1.08 bits per heavy atom. The van der Waals surface area contributed by atoms with Crippen LogP contribution in [0.2, 0.25) is 0 Å². The molecule has 0 radical (unpaired) electrons. The Labute approximate surface area is 141 Å². The van der Waals surface area contributed by atoms with Crippen LogP contribution in [0.25, 0.3) is 0 Å². The third-order valence-electron chi connectivity index (χ3n) is 5.76. The lowest BCUT2D eigenvalue weighted by Crippen LogP contribution is -2.53. The van der Waals surface area contributed by atoms with Crippen molar-refractivity contribution >= 4 is 11.9 Å². The summed E-state index contributed by atoms with van der Waals surface area (Å²) in [6, 6.07) is 6.22. The first-order chi connectivity index (χ1) is 11.4. The lowest BCUT2D eigenvalue weighted by atomic mass is 9.75. The van der Waals surface area contributed by atoms with Gasteiger partial charge in [-0.25, -0.2) is 4.39 Å². The number of carboxylic acid groups (broad SMARTS) is 1. The molecule has 1 amide bonds. The van der Waals surface area contributed by atoms with E-state index in [1.165, 1.54) is 12.1 Å². The monoisotopic (exact) mass is 333 g/mol. The molecule has 5 heteroatoms. The minimum Gasteiger partial charge on any atom is -0.481 e. The summed E-state index contributed by atoms with van der Waals surface area (Å²) in [6.45, 7) is 2.57. The van der Waals surface area contributed by atoms with E-state index in [0.717, 1.165) is 31.2 Å². The molecule has 3 rings (SSSR count). The van der Waals surface area contributed by atoms with Crippen molar-refractivity contribution in [3.05, 3.63) is 35.6 Å². The van der Waals surface area contributed by atoms with Crippen molar-refractivity contribution in [1.29, 1.82) is 0 Å². The van der Waals surface area contributed by atoms with Gasteiger partial charge >= 0.3 is 5.97 Å². The lowest BCUT2D eigenvalue weighted by Gasteiger charge is -2.42. The number of halogens is 1. The number of carbonyl (C=O) groups is 2. The molecule has 24 heavy (non-hydrogen) atoms. The molecule has 1 saturated heterocycles. The first-order valence-electron chi connectivity index (χ1n) is 8.66. The van der Waals surface area contributed by atoms with E-state index in [1.54, 1.807) is 24.0 Å². The maximum absolute atomic E-state index is 13.4. The molecular formula is C19H24FNO3. The lowest BCUT2D eigenvalue weighted by molar-refractivity contribution is -0.155. The Kier molecular flexibility index (Phi) is 4.37. The second-order valence-corrected chi connectivity index (χ2v) is 7.49. The molecule has 130 valence electrons. The Hall–Kier alpha value is -1.91. The first-order valence-corrected chi connectivity index (χ1v) is 8.66. The van der Waals surface area contributed by atoms with Crippen molar-refractivity contribution in [2.75, 3.05) is 13.1 Å². The van der Waals surface area contributed by atoms with Gasteiger partial charge < -0.3 is 10.0 Å². The average molecular weight is 333 g/mol. The van der Waals surface area contributed by atoms with Crippen molar-refractivity contribution < 1.29 is 19.1 Å². The molecule has 1 N–H and O–H groups in total. The molecule has 1 aromatic rings. The summed E-state index contributed by atoms with van der Waals surface area (Å²) in [5, 5.41) is 9.49. The fourth-order valence-electron chi connectivity index (χ4n) is 4.26. The molecule has 2 fully saturated rings. The van der Waals surface area contributed by atoms with Crippen molar-refractivity contribution in [2.24, 2.45) is 5.41 Å². The summed E-state index contributed by atoms with van der Waals surface area (Å²) in [4.78, 5) is 26.7. The summed E-state index contributed by atoms with van der Waals surface area (Å²) < 4.78 is 13.3. The average Bonchev–Trinajstić information content (AvgIpc) is 3.05. The SMILES string of the molecule is CC1(C(=O)O)CCCN(C(=O)C2(c3ccc(F)cc3)CCCC2)C1. The van der Waals surface area contributed by atoms with Gasteiger partial charge in [0.2, 0.25) is 5.91 Å². The zero-order valence-electron chi connectivity index (χ0n) is 14.1. The molecule has 1 aliphatic carbocycles. The normalized spacial score (nSPS) is 26.3. The van der Waals surface area contributed by atoms with Gasteiger partial charge in [0.25, 0.3) is 0 Å². The number of hydrogen-bond donors (Lipinski definition) is 1. The minimum atomic E-state index is -0.878. The number of hydrogen-bond acceptors (Lipinski definition) is 2. The van der Waals surface area contributed by atoms with Crippen LogP contribution in [0.5, 0.6) is 0 Å². The van der Waals surface area contributed by atoms with Crippen LogP contribution in [0.1, 0.15) is 51.0 Å². The number of piperidine rings is 1. The topological polar surface area (TPSA) is 57.6 Å². The predicted octanol–water partition coefficient (Wildman–Crippen LogP) is 3.35. The fourth-order valence-corrected chi connectivity index (χ4v) is 4.26. The van der Waals surface area contributed by atoms with Gasteiger partial charge in [0, 0.05) is 13.1 Å². The second kappa shape index (κ2) is 6.19.